The molecule has 0 aliphatic carbocycles. The van der Waals surface area contributed by atoms with E-state index >= 15 is 0 Å². The van der Waals surface area contributed by atoms with Gasteiger partial charge in [0.25, 0.3) is 5.91 Å². The number of thiophene rings is 1. The van der Waals surface area contributed by atoms with Crippen molar-refractivity contribution in [2.75, 3.05) is 37.7 Å². The molecule has 0 aromatic carbocycles. The monoisotopic (exact) mass is 492 g/mol. The SMILES string of the molecule is CCOC(=O)c1ccc(N2CCCN(C(=O)c3sc4nc(C(F)(F)F)ccc4c3C)CC2)nc1. The average Bonchev–Trinajstić information content (AvgIpc) is 2.98. The van der Waals surface area contributed by atoms with Crippen LogP contribution in [0.2, 0.25) is 0 Å². The highest BCUT2D eigenvalue weighted by Gasteiger charge is 2.33. The molecule has 0 N–H and O–H groups in total. The van der Waals surface area contributed by atoms with Crippen molar-refractivity contribution < 1.29 is 27.5 Å². The fraction of sp³-hybridized carbons (Fsp3) is 0.391. The second-order valence-corrected chi connectivity index (χ2v) is 8.86. The molecular weight excluding hydrogens is 469 g/mol. The smallest absolute Gasteiger partial charge is 0.433 e. The van der Waals surface area contributed by atoms with E-state index in [-0.39, 0.29) is 17.3 Å². The van der Waals surface area contributed by atoms with Gasteiger partial charge in [-0.2, -0.15) is 13.2 Å². The number of hydrogen-bond acceptors (Lipinski definition) is 7. The van der Waals surface area contributed by atoms with Gasteiger partial charge >= 0.3 is 12.1 Å². The lowest BCUT2D eigenvalue weighted by Gasteiger charge is -2.23. The Labute approximate surface area is 198 Å². The number of anilines is 1. The number of halogens is 3. The van der Waals surface area contributed by atoms with E-state index in [0.717, 1.165) is 17.4 Å². The van der Waals surface area contributed by atoms with Crippen LogP contribution in [-0.2, 0) is 10.9 Å². The van der Waals surface area contributed by atoms with Crippen LogP contribution in [-0.4, -0.2) is 59.5 Å². The lowest BCUT2D eigenvalue weighted by Crippen LogP contribution is -2.35. The number of hydrogen-bond donors (Lipinski definition) is 0. The largest absolute Gasteiger partial charge is 0.462 e. The number of carbonyl (C=O) groups is 2. The Hall–Kier alpha value is -3.21. The minimum Gasteiger partial charge on any atom is -0.462 e. The van der Waals surface area contributed by atoms with Gasteiger partial charge in [0.05, 0.1) is 17.0 Å². The summed E-state index contributed by atoms with van der Waals surface area (Å²) in [4.78, 5) is 37.5. The topological polar surface area (TPSA) is 75.6 Å². The zero-order chi connectivity index (χ0) is 24.5. The zero-order valence-electron chi connectivity index (χ0n) is 18.7. The normalized spacial score (nSPS) is 14.9. The fourth-order valence-corrected chi connectivity index (χ4v) is 5.01. The molecule has 1 aliphatic rings. The third-order valence-corrected chi connectivity index (χ3v) is 6.84. The Kier molecular flexibility index (Phi) is 6.74. The van der Waals surface area contributed by atoms with E-state index in [0.29, 0.717) is 59.8 Å². The molecule has 4 rings (SSSR count). The molecule has 4 heterocycles. The molecule has 0 saturated carbocycles. The highest BCUT2D eigenvalue weighted by molar-refractivity contribution is 7.20. The summed E-state index contributed by atoms with van der Waals surface area (Å²) in [5.41, 5.74) is 0.0513. The van der Waals surface area contributed by atoms with E-state index in [9.17, 15) is 22.8 Å². The van der Waals surface area contributed by atoms with Crippen molar-refractivity contribution in [3.8, 4) is 0 Å². The van der Waals surface area contributed by atoms with Crippen LogP contribution in [0.25, 0.3) is 10.2 Å². The summed E-state index contributed by atoms with van der Waals surface area (Å²) in [6.45, 7) is 5.94. The lowest BCUT2D eigenvalue weighted by atomic mass is 10.1. The van der Waals surface area contributed by atoms with Gasteiger partial charge in [-0.05, 0) is 50.1 Å². The van der Waals surface area contributed by atoms with Crippen LogP contribution in [0.4, 0.5) is 19.0 Å². The van der Waals surface area contributed by atoms with Crippen molar-refractivity contribution in [1.82, 2.24) is 14.9 Å². The first kappa shape index (κ1) is 23.9. The van der Waals surface area contributed by atoms with Crippen molar-refractivity contribution in [1.29, 1.82) is 0 Å². The van der Waals surface area contributed by atoms with Gasteiger partial charge in [0.2, 0.25) is 0 Å². The molecule has 1 saturated heterocycles. The second-order valence-electron chi connectivity index (χ2n) is 7.86. The summed E-state index contributed by atoms with van der Waals surface area (Å²) in [5, 5.41) is 0.559. The third-order valence-electron chi connectivity index (χ3n) is 5.65. The van der Waals surface area contributed by atoms with E-state index in [1.54, 1.807) is 30.9 Å². The van der Waals surface area contributed by atoms with Gasteiger partial charge in [0.1, 0.15) is 16.3 Å². The Balaban J connectivity index is 1.48. The first-order valence-electron chi connectivity index (χ1n) is 10.8. The standard InChI is InChI=1S/C23H23F3N4O3S/c1-3-33-22(32)15-5-8-18(27-13-15)29-9-4-10-30(12-11-29)21(31)19-14(2)16-6-7-17(23(24,25)26)28-20(16)34-19/h5-8,13H,3-4,9-12H2,1-2H3. The predicted molar refractivity (Wildman–Crippen MR) is 122 cm³/mol. The summed E-state index contributed by atoms with van der Waals surface area (Å²) >= 11 is 0.996. The molecule has 1 amide bonds. The molecule has 0 atom stereocenters. The second kappa shape index (κ2) is 9.57. The summed E-state index contributed by atoms with van der Waals surface area (Å²) in [7, 11) is 0. The van der Waals surface area contributed by atoms with Gasteiger partial charge in [0.15, 0.2) is 0 Å². The Morgan fingerprint density at radius 2 is 1.91 bits per heavy atom. The van der Waals surface area contributed by atoms with Crippen LogP contribution in [0.1, 0.15) is 44.6 Å². The summed E-state index contributed by atoms with van der Waals surface area (Å²) in [6, 6.07) is 5.74. The van der Waals surface area contributed by atoms with Gasteiger partial charge in [0, 0.05) is 37.8 Å². The van der Waals surface area contributed by atoms with E-state index < -0.39 is 17.8 Å². The first-order chi connectivity index (χ1) is 16.2. The molecule has 3 aromatic rings. The first-order valence-corrected chi connectivity index (χ1v) is 11.7. The van der Waals surface area contributed by atoms with Gasteiger partial charge in [-0.3, -0.25) is 4.79 Å². The number of carbonyl (C=O) groups excluding carboxylic acids is 2. The Morgan fingerprint density at radius 1 is 1.12 bits per heavy atom. The minimum absolute atomic E-state index is 0.206. The minimum atomic E-state index is -4.53. The fourth-order valence-electron chi connectivity index (χ4n) is 3.86. The van der Waals surface area contributed by atoms with E-state index in [2.05, 4.69) is 9.97 Å². The van der Waals surface area contributed by atoms with Crippen molar-refractivity contribution in [3.05, 3.63) is 52.2 Å². The molecule has 1 aliphatic heterocycles. The van der Waals surface area contributed by atoms with Crippen LogP contribution < -0.4 is 4.90 Å². The molecule has 7 nitrogen and oxygen atoms in total. The molecule has 34 heavy (non-hydrogen) atoms. The number of ether oxygens (including phenoxy) is 1. The van der Waals surface area contributed by atoms with Crippen molar-refractivity contribution >= 4 is 39.2 Å². The maximum absolute atomic E-state index is 13.2. The Bertz CT molecular complexity index is 1210. The Morgan fingerprint density at radius 3 is 2.59 bits per heavy atom. The van der Waals surface area contributed by atoms with Crippen LogP contribution in [0.15, 0.2) is 30.5 Å². The van der Waals surface area contributed by atoms with E-state index in [1.807, 2.05) is 4.90 Å². The van der Waals surface area contributed by atoms with Crippen LogP contribution in [0, 0.1) is 6.92 Å². The number of amides is 1. The quantitative estimate of drug-likeness (QED) is 0.498. The van der Waals surface area contributed by atoms with Crippen molar-refractivity contribution in [3.63, 3.8) is 0 Å². The van der Waals surface area contributed by atoms with Crippen LogP contribution in [0.3, 0.4) is 0 Å². The molecule has 0 spiro atoms. The van der Waals surface area contributed by atoms with Crippen molar-refractivity contribution in [2.45, 2.75) is 26.4 Å². The van der Waals surface area contributed by atoms with Crippen LogP contribution in [0.5, 0.6) is 0 Å². The van der Waals surface area contributed by atoms with Crippen LogP contribution >= 0.6 is 11.3 Å². The van der Waals surface area contributed by atoms with Gasteiger partial charge in [-0.15, -0.1) is 11.3 Å². The number of aromatic nitrogens is 2. The van der Waals surface area contributed by atoms with E-state index in [4.69, 9.17) is 4.74 Å². The number of fused-ring (bicyclic) bond motifs is 1. The number of rotatable bonds is 4. The van der Waals surface area contributed by atoms with E-state index in [1.165, 1.54) is 12.3 Å². The third kappa shape index (κ3) is 4.84. The number of pyridine rings is 2. The van der Waals surface area contributed by atoms with Crippen molar-refractivity contribution in [2.24, 2.45) is 0 Å². The number of aryl methyl sites for hydroxylation is 1. The molecule has 180 valence electrons. The summed E-state index contributed by atoms with van der Waals surface area (Å²) in [5.74, 6) is 0.0653. The molecule has 1 fully saturated rings. The number of esters is 1. The summed E-state index contributed by atoms with van der Waals surface area (Å²) < 4.78 is 44.0. The van der Waals surface area contributed by atoms with Gasteiger partial charge in [-0.1, -0.05) is 0 Å². The lowest BCUT2D eigenvalue weighted by molar-refractivity contribution is -0.140. The maximum Gasteiger partial charge on any atom is 0.433 e. The number of nitrogens with zero attached hydrogens (tertiary/aromatic N) is 4. The highest BCUT2D eigenvalue weighted by Crippen LogP contribution is 2.35. The predicted octanol–water partition coefficient (Wildman–Crippen LogP) is 4.55. The maximum atomic E-state index is 13.2. The summed E-state index contributed by atoms with van der Waals surface area (Å²) in [6.07, 6.45) is -2.36. The zero-order valence-corrected chi connectivity index (χ0v) is 19.5. The average molecular weight is 493 g/mol. The molecule has 0 unspecified atom stereocenters. The van der Waals surface area contributed by atoms with Gasteiger partial charge in [-0.25, -0.2) is 14.8 Å². The van der Waals surface area contributed by atoms with Gasteiger partial charge < -0.3 is 14.5 Å². The molecular formula is C23H23F3N4O3S. The molecule has 3 aromatic heterocycles. The molecule has 0 bridgehead atoms. The molecule has 0 radical (unpaired) electrons. The number of alkyl halides is 3. The highest BCUT2D eigenvalue weighted by atomic mass is 32.1. The molecule has 11 heteroatoms.